The van der Waals surface area contributed by atoms with Gasteiger partial charge in [-0.05, 0) is 18.8 Å². The average Bonchev–Trinajstić information content (AvgIpc) is 2.64. The zero-order valence-electron chi connectivity index (χ0n) is 10.2. The lowest BCUT2D eigenvalue weighted by molar-refractivity contribution is -0.0210. The van der Waals surface area contributed by atoms with Gasteiger partial charge in [0.1, 0.15) is 0 Å². The minimum atomic E-state index is -0.232. The molecule has 0 bridgehead atoms. The summed E-state index contributed by atoms with van der Waals surface area (Å²) in [6.07, 6.45) is 8.22. The summed E-state index contributed by atoms with van der Waals surface area (Å²) in [5, 5.41) is 9.95. The van der Waals surface area contributed by atoms with Gasteiger partial charge in [0, 0.05) is 6.61 Å². The van der Waals surface area contributed by atoms with E-state index in [0.717, 1.165) is 25.9 Å². The second-order valence-electron chi connectivity index (χ2n) is 4.87. The van der Waals surface area contributed by atoms with E-state index in [1.54, 1.807) is 0 Å². The van der Waals surface area contributed by atoms with Crippen LogP contribution in [0.5, 0.6) is 0 Å². The number of aliphatic hydroxyl groups excluding tert-OH is 1. The standard InChI is InChI=1S/C13H26O2/c1-3-4-5-6-7-8-12(14)13-11(2)9-10-15-13/h11-14H,3-10H2,1-2H3. The summed E-state index contributed by atoms with van der Waals surface area (Å²) in [7, 11) is 0. The Morgan fingerprint density at radius 2 is 2.00 bits per heavy atom. The molecule has 0 aromatic rings. The minimum Gasteiger partial charge on any atom is -0.390 e. The number of hydrogen-bond donors (Lipinski definition) is 1. The van der Waals surface area contributed by atoms with Crippen LogP contribution in [0.15, 0.2) is 0 Å². The van der Waals surface area contributed by atoms with Crippen LogP contribution in [0.4, 0.5) is 0 Å². The van der Waals surface area contributed by atoms with E-state index < -0.39 is 0 Å². The molecule has 0 aromatic carbocycles. The Hall–Kier alpha value is -0.0800. The Kier molecular flexibility index (Phi) is 6.26. The van der Waals surface area contributed by atoms with E-state index in [2.05, 4.69) is 13.8 Å². The molecule has 1 N–H and O–H groups in total. The third-order valence-electron chi connectivity index (χ3n) is 3.43. The molecule has 0 spiro atoms. The summed E-state index contributed by atoms with van der Waals surface area (Å²) in [4.78, 5) is 0. The first-order chi connectivity index (χ1) is 7.25. The van der Waals surface area contributed by atoms with Gasteiger partial charge in [0.05, 0.1) is 12.2 Å². The van der Waals surface area contributed by atoms with Gasteiger partial charge in [0.25, 0.3) is 0 Å². The molecule has 0 saturated carbocycles. The SMILES string of the molecule is CCCCCCCC(O)C1OCCC1C. The molecule has 0 amide bonds. The van der Waals surface area contributed by atoms with Gasteiger partial charge in [-0.25, -0.2) is 0 Å². The fraction of sp³-hybridized carbons (Fsp3) is 1.00. The first kappa shape index (κ1) is 13.0. The number of rotatable bonds is 7. The monoisotopic (exact) mass is 214 g/mol. The highest BCUT2D eigenvalue weighted by Gasteiger charge is 2.30. The molecule has 3 unspecified atom stereocenters. The Morgan fingerprint density at radius 3 is 2.60 bits per heavy atom. The second-order valence-corrected chi connectivity index (χ2v) is 4.87. The maximum absolute atomic E-state index is 9.95. The molecule has 90 valence electrons. The van der Waals surface area contributed by atoms with Gasteiger partial charge < -0.3 is 9.84 Å². The molecular weight excluding hydrogens is 188 g/mol. The summed E-state index contributed by atoms with van der Waals surface area (Å²) < 4.78 is 5.56. The van der Waals surface area contributed by atoms with Crippen molar-refractivity contribution >= 4 is 0 Å². The van der Waals surface area contributed by atoms with Crippen molar-refractivity contribution in [2.24, 2.45) is 5.92 Å². The van der Waals surface area contributed by atoms with Crippen molar-refractivity contribution in [2.45, 2.75) is 71.0 Å². The Labute approximate surface area is 94.0 Å². The van der Waals surface area contributed by atoms with Crippen LogP contribution >= 0.6 is 0 Å². The highest BCUT2D eigenvalue weighted by Crippen LogP contribution is 2.25. The van der Waals surface area contributed by atoms with E-state index in [0.29, 0.717) is 5.92 Å². The van der Waals surface area contributed by atoms with E-state index in [1.807, 2.05) is 0 Å². The van der Waals surface area contributed by atoms with Gasteiger partial charge in [0.15, 0.2) is 0 Å². The molecule has 1 aliphatic rings. The van der Waals surface area contributed by atoms with E-state index in [9.17, 15) is 5.11 Å². The maximum Gasteiger partial charge on any atom is 0.0860 e. The summed E-state index contributed by atoms with van der Waals surface area (Å²) in [5.41, 5.74) is 0. The lowest BCUT2D eigenvalue weighted by atomic mass is 9.96. The summed E-state index contributed by atoms with van der Waals surface area (Å²) in [6, 6.07) is 0. The normalized spacial score (nSPS) is 28.2. The molecule has 0 radical (unpaired) electrons. The van der Waals surface area contributed by atoms with Crippen LogP contribution in [-0.4, -0.2) is 23.9 Å². The molecule has 0 aliphatic carbocycles. The van der Waals surface area contributed by atoms with E-state index in [4.69, 9.17) is 4.74 Å². The highest BCUT2D eigenvalue weighted by molar-refractivity contribution is 4.79. The van der Waals surface area contributed by atoms with Crippen LogP contribution in [0.3, 0.4) is 0 Å². The smallest absolute Gasteiger partial charge is 0.0860 e. The first-order valence-corrected chi connectivity index (χ1v) is 6.55. The lowest BCUT2D eigenvalue weighted by Gasteiger charge is -2.21. The Bertz CT molecular complexity index is 159. The fourth-order valence-corrected chi connectivity index (χ4v) is 2.33. The van der Waals surface area contributed by atoms with Crippen molar-refractivity contribution in [1.29, 1.82) is 0 Å². The van der Waals surface area contributed by atoms with Crippen LogP contribution in [0.2, 0.25) is 0 Å². The molecule has 2 heteroatoms. The number of hydrogen-bond acceptors (Lipinski definition) is 2. The molecular formula is C13H26O2. The van der Waals surface area contributed by atoms with Crippen LogP contribution in [0, 0.1) is 5.92 Å². The summed E-state index contributed by atoms with van der Waals surface area (Å²) >= 11 is 0. The Morgan fingerprint density at radius 1 is 1.27 bits per heavy atom. The van der Waals surface area contributed by atoms with Gasteiger partial charge in [-0.3, -0.25) is 0 Å². The van der Waals surface area contributed by atoms with Crippen molar-refractivity contribution in [1.82, 2.24) is 0 Å². The van der Waals surface area contributed by atoms with Crippen molar-refractivity contribution in [2.75, 3.05) is 6.61 Å². The van der Waals surface area contributed by atoms with Crippen LogP contribution in [-0.2, 0) is 4.74 Å². The first-order valence-electron chi connectivity index (χ1n) is 6.55. The van der Waals surface area contributed by atoms with E-state index in [1.165, 1.54) is 25.7 Å². The lowest BCUT2D eigenvalue weighted by Crippen LogP contribution is -2.29. The van der Waals surface area contributed by atoms with Gasteiger partial charge in [-0.15, -0.1) is 0 Å². The largest absolute Gasteiger partial charge is 0.390 e. The average molecular weight is 214 g/mol. The third-order valence-corrected chi connectivity index (χ3v) is 3.43. The van der Waals surface area contributed by atoms with Crippen LogP contribution < -0.4 is 0 Å². The predicted molar refractivity (Wildman–Crippen MR) is 62.9 cm³/mol. The highest BCUT2D eigenvalue weighted by atomic mass is 16.5. The van der Waals surface area contributed by atoms with Gasteiger partial charge in [-0.2, -0.15) is 0 Å². The Balaban J connectivity index is 2.05. The number of ether oxygens (including phenoxy) is 1. The van der Waals surface area contributed by atoms with Crippen molar-refractivity contribution < 1.29 is 9.84 Å². The zero-order valence-corrected chi connectivity index (χ0v) is 10.2. The van der Waals surface area contributed by atoms with Gasteiger partial charge in [-0.1, -0.05) is 46.0 Å². The van der Waals surface area contributed by atoms with E-state index >= 15 is 0 Å². The molecule has 1 fully saturated rings. The summed E-state index contributed by atoms with van der Waals surface area (Å²) in [6.45, 7) is 5.24. The second kappa shape index (κ2) is 7.24. The molecule has 1 heterocycles. The fourth-order valence-electron chi connectivity index (χ4n) is 2.33. The number of aliphatic hydroxyl groups is 1. The van der Waals surface area contributed by atoms with Crippen molar-refractivity contribution in [3.05, 3.63) is 0 Å². The summed E-state index contributed by atoms with van der Waals surface area (Å²) in [5.74, 6) is 0.538. The van der Waals surface area contributed by atoms with Crippen molar-refractivity contribution in [3.63, 3.8) is 0 Å². The number of unbranched alkanes of at least 4 members (excludes halogenated alkanes) is 4. The van der Waals surface area contributed by atoms with Crippen LogP contribution in [0.1, 0.15) is 58.8 Å². The molecule has 1 rings (SSSR count). The third kappa shape index (κ3) is 4.52. The molecule has 0 aromatic heterocycles. The maximum atomic E-state index is 9.95. The van der Waals surface area contributed by atoms with E-state index in [-0.39, 0.29) is 12.2 Å². The molecule has 1 saturated heterocycles. The molecule has 3 atom stereocenters. The molecule has 2 nitrogen and oxygen atoms in total. The van der Waals surface area contributed by atoms with Gasteiger partial charge in [0.2, 0.25) is 0 Å². The van der Waals surface area contributed by atoms with Crippen molar-refractivity contribution in [3.8, 4) is 0 Å². The van der Waals surface area contributed by atoms with Gasteiger partial charge >= 0.3 is 0 Å². The molecule has 15 heavy (non-hydrogen) atoms. The predicted octanol–water partition coefficient (Wildman–Crippen LogP) is 3.13. The quantitative estimate of drug-likeness (QED) is 0.660. The topological polar surface area (TPSA) is 29.5 Å². The zero-order chi connectivity index (χ0) is 11.1. The molecule has 1 aliphatic heterocycles. The van der Waals surface area contributed by atoms with Crippen LogP contribution in [0.25, 0.3) is 0 Å². The minimum absolute atomic E-state index is 0.108.